The van der Waals surface area contributed by atoms with Gasteiger partial charge in [0, 0.05) is 23.6 Å². The summed E-state index contributed by atoms with van der Waals surface area (Å²) in [6.07, 6.45) is 1.11. The van der Waals surface area contributed by atoms with Crippen LogP contribution in [0.5, 0.6) is 5.75 Å². The number of hydrogen-bond donors (Lipinski definition) is 2. The molecule has 1 aliphatic rings. The topological polar surface area (TPSA) is 118 Å². The van der Waals surface area contributed by atoms with Gasteiger partial charge in [0.25, 0.3) is 11.8 Å². The minimum absolute atomic E-state index is 0.0121. The summed E-state index contributed by atoms with van der Waals surface area (Å²) in [4.78, 5) is 36.7. The number of ether oxygens (including phenoxy) is 2. The summed E-state index contributed by atoms with van der Waals surface area (Å²) < 4.78 is 15.4. The number of nitrogens with one attached hydrogen (secondary N) is 1. The van der Waals surface area contributed by atoms with E-state index in [-0.39, 0.29) is 46.7 Å². The van der Waals surface area contributed by atoms with Crippen LogP contribution in [0.2, 0.25) is 5.02 Å². The van der Waals surface area contributed by atoms with E-state index in [0.29, 0.717) is 5.39 Å². The van der Waals surface area contributed by atoms with Crippen LogP contribution >= 0.6 is 11.6 Å². The number of fused-ring (bicyclic) bond motifs is 1. The van der Waals surface area contributed by atoms with Crippen molar-refractivity contribution >= 4 is 46.0 Å². The first-order valence-electron chi connectivity index (χ1n) is 7.75. The minimum Gasteiger partial charge on any atom is -0.493 e. The van der Waals surface area contributed by atoms with Gasteiger partial charge in [0.05, 0.1) is 38.1 Å². The second kappa shape index (κ2) is 7.29. The van der Waals surface area contributed by atoms with E-state index in [9.17, 15) is 14.4 Å². The van der Waals surface area contributed by atoms with Crippen LogP contribution in [0.25, 0.3) is 11.0 Å². The average Bonchev–Trinajstić information content (AvgIpc) is 3.19. The fourth-order valence-electron chi connectivity index (χ4n) is 2.67. The highest BCUT2D eigenvalue weighted by Crippen LogP contribution is 2.41. The number of carbonyl (C=O) groups excluding carboxylic acids is 3. The highest BCUT2D eigenvalue weighted by atomic mass is 35.5. The number of rotatable bonds is 6. The normalized spacial score (nSPS) is 13.9. The molecule has 0 saturated heterocycles. The molecule has 10 heteroatoms. The Morgan fingerprint density at radius 3 is 2.70 bits per heavy atom. The summed E-state index contributed by atoms with van der Waals surface area (Å²) in [6.45, 7) is -0.459. The van der Waals surface area contributed by atoms with Gasteiger partial charge in [-0.2, -0.15) is 0 Å². The third-order valence-electron chi connectivity index (χ3n) is 3.91. The number of aliphatic hydroxyl groups is 1. The average molecular weight is 395 g/mol. The van der Waals surface area contributed by atoms with Gasteiger partial charge in [0.1, 0.15) is 11.3 Å². The molecular formula is C17H15ClN2O7. The zero-order valence-electron chi connectivity index (χ0n) is 14.4. The molecule has 0 radical (unpaired) electrons. The van der Waals surface area contributed by atoms with Gasteiger partial charge in [0.15, 0.2) is 5.75 Å². The molecule has 2 aromatic rings. The molecule has 0 fully saturated rings. The summed E-state index contributed by atoms with van der Waals surface area (Å²) in [5.74, 6) is -1.66. The Kier molecular flexibility index (Phi) is 5.06. The van der Waals surface area contributed by atoms with E-state index in [4.69, 9.17) is 25.9 Å². The van der Waals surface area contributed by atoms with Crippen LogP contribution in [-0.2, 0) is 14.3 Å². The number of methoxy groups -OCH3 is 2. The number of aliphatic hydroxyl groups excluding tert-OH is 1. The van der Waals surface area contributed by atoms with E-state index in [2.05, 4.69) is 10.1 Å². The Bertz CT molecular complexity index is 979. The molecule has 0 aliphatic carbocycles. The number of esters is 1. The van der Waals surface area contributed by atoms with Crippen molar-refractivity contribution in [2.24, 2.45) is 0 Å². The lowest BCUT2D eigenvalue weighted by Gasteiger charge is -2.15. The summed E-state index contributed by atoms with van der Waals surface area (Å²) in [5.41, 5.74) is 0.509. The van der Waals surface area contributed by atoms with Crippen LogP contribution in [0.4, 0.5) is 5.69 Å². The first-order valence-corrected chi connectivity index (χ1v) is 8.12. The fraction of sp³-hybridized carbons (Fsp3) is 0.235. The van der Waals surface area contributed by atoms with Gasteiger partial charge >= 0.3 is 5.97 Å². The van der Waals surface area contributed by atoms with Gasteiger partial charge in [0.2, 0.25) is 5.76 Å². The van der Waals surface area contributed by atoms with Crippen molar-refractivity contribution in [2.45, 2.75) is 0 Å². The monoisotopic (exact) mass is 394 g/mol. The van der Waals surface area contributed by atoms with Crippen LogP contribution in [0.3, 0.4) is 0 Å². The Labute approximate surface area is 158 Å². The zero-order chi connectivity index (χ0) is 19.7. The first-order chi connectivity index (χ1) is 12.9. The summed E-state index contributed by atoms with van der Waals surface area (Å²) in [6, 6.07) is 2.90. The molecule has 27 heavy (non-hydrogen) atoms. The van der Waals surface area contributed by atoms with Crippen molar-refractivity contribution in [3.63, 3.8) is 0 Å². The molecule has 9 nitrogen and oxygen atoms in total. The molecule has 0 spiro atoms. The SMILES string of the molecule is COC(=O)c1cc2c(Cl)c(OC)c(NC3=CC(=O)N(CCO)C3=O)cc2o1. The number of anilines is 1. The predicted octanol–water partition coefficient (Wildman–Crippen LogP) is 1.54. The molecule has 1 aliphatic heterocycles. The van der Waals surface area contributed by atoms with E-state index in [0.717, 1.165) is 11.0 Å². The molecule has 1 aromatic heterocycles. The lowest BCUT2D eigenvalue weighted by Crippen LogP contribution is -2.34. The molecule has 0 saturated carbocycles. The molecule has 2 amide bonds. The quantitative estimate of drug-likeness (QED) is 0.559. The zero-order valence-corrected chi connectivity index (χ0v) is 15.1. The number of β-amino-alcohol motifs (C(OH)–C–C–N with tert-alkyl or cyclic N) is 1. The number of furan rings is 1. The van der Waals surface area contributed by atoms with E-state index in [1.165, 1.54) is 26.4 Å². The van der Waals surface area contributed by atoms with Crippen LogP contribution < -0.4 is 10.1 Å². The van der Waals surface area contributed by atoms with Crippen LogP contribution in [-0.4, -0.2) is 55.2 Å². The van der Waals surface area contributed by atoms with Crippen LogP contribution in [0.1, 0.15) is 10.6 Å². The predicted molar refractivity (Wildman–Crippen MR) is 94.6 cm³/mol. The second-order valence-electron chi connectivity index (χ2n) is 5.49. The van der Waals surface area contributed by atoms with Crippen molar-refractivity contribution in [3.8, 4) is 5.75 Å². The summed E-state index contributed by atoms with van der Waals surface area (Å²) in [7, 11) is 2.60. The third-order valence-corrected chi connectivity index (χ3v) is 4.28. The van der Waals surface area contributed by atoms with Gasteiger partial charge in [-0.1, -0.05) is 11.6 Å². The van der Waals surface area contributed by atoms with Crippen LogP contribution in [0.15, 0.2) is 28.3 Å². The van der Waals surface area contributed by atoms with E-state index in [1.54, 1.807) is 0 Å². The number of halogens is 1. The minimum atomic E-state index is -0.672. The molecule has 0 atom stereocenters. The molecule has 2 heterocycles. The van der Waals surface area contributed by atoms with Gasteiger partial charge in [-0.3, -0.25) is 14.5 Å². The molecule has 142 valence electrons. The molecule has 2 N–H and O–H groups in total. The number of benzene rings is 1. The van der Waals surface area contributed by atoms with Crippen molar-refractivity contribution in [1.82, 2.24) is 4.90 Å². The maximum atomic E-state index is 12.3. The first kappa shape index (κ1) is 18.7. The van der Waals surface area contributed by atoms with Gasteiger partial charge in [-0.25, -0.2) is 4.79 Å². The van der Waals surface area contributed by atoms with Crippen molar-refractivity contribution < 1.29 is 33.4 Å². The maximum absolute atomic E-state index is 12.3. The number of carbonyl (C=O) groups is 3. The van der Waals surface area contributed by atoms with Crippen molar-refractivity contribution in [1.29, 1.82) is 0 Å². The Morgan fingerprint density at radius 2 is 2.07 bits per heavy atom. The van der Waals surface area contributed by atoms with Crippen molar-refractivity contribution in [3.05, 3.63) is 34.7 Å². The molecule has 0 bridgehead atoms. The maximum Gasteiger partial charge on any atom is 0.373 e. The van der Waals surface area contributed by atoms with Gasteiger partial charge in [-0.05, 0) is 0 Å². The number of hydrogen-bond acceptors (Lipinski definition) is 8. The van der Waals surface area contributed by atoms with Gasteiger partial charge in [-0.15, -0.1) is 0 Å². The second-order valence-corrected chi connectivity index (χ2v) is 5.87. The highest BCUT2D eigenvalue weighted by Gasteiger charge is 2.31. The lowest BCUT2D eigenvalue weighted by molar-refractivity contribution is -0.137. The Morgan fingerprint density at radius 1 is 1.33 bits per heavy atom. The summed E-state index contributed by atoms with van der Waals surface area (Å²) >= 11 is 6.35. The summed E-state index contributed by atoms with van der Waals surface area (Å²) in [5, 5.41) is 12.3. The van der Waals surface area contributed by atoms with E-state index >= 15 is 0 Å². The van der Waals surface area contributed by atoms with Crippen LogP contribution in [0, 0.1) is 0 Å². The van der Waals surface area contributed by atoms with E-state index in [1.807, 2.05) is 0 Å². The van der Waals surface area contributed by atoms with E-state index < -0.39 is 17.8 Å². The van der Waals surface area contributed by atoms with Gasteiger partial charge < -0.3 is 24.3 Å². The molecule has 1 aromatic carbocycles. The Hall–Kier alpha value is -3.04. The number of imide groups is 1. The molecular weight excluding hydrogens is 380 g/mol. The standard InChI is InChI=1S/C17H15ClN2O7/c1-25-15-9(19-10-7-13(22)20(3-4-21)16(10)23)6-11-8(14(15)18)5-12(27-11)17(24)26-2/h5-7,19,21H,3-4H2,1-2H3. The third kappa shape index (κ3) is 3.22. The molecule has 3 rings (SSSR count). The number of amides is 2. The fourth-order valence-corrected chi connectivity index (χ4v) is 3.00. The van der Waals surface area contributed by atoms with Crippen molar-refractivity contribution in [2.75, 3.05) is 32.7 Å². The highest BCUT2D eigenvalue weighted by molar-refractivity contribution is 6.37. The largest absolute Gasteiger partial charge is 0.493 e. The molecule has 0 unspecified atom stereocenters. The smallest absolute Gasteiger partial charge is 0.373 e. The Balaban J connectivity index is 2.02. The lowest BCUT2D eigenvalue weighted by atomic mass is 10.2. The number of nitrogens with zero attached hydrogens (tertiary/aromatic N) is 1.